The first kappa shape index (κ1) is 30.1. The van der Waals surface area contributed by atoms with E-state index in [4.69, 9.17) is 4.74 Å². The molecule has 1 aromatic carbocycles. The fraction of sp³-hybridized carbons (Fsp3) is 0.462. The molecule has 1 aliphatic rings. The minimum Gasteiger partial charge on any atom is -0.493 e. The number of imidazole rings is 1. The molecule has 2 aromatic heterocycles. The summed E-state index contributed by atoms with van der Waals surface area (Å²) in [4.78, 5) is 23.5. The summed E-state index contributed by atoms with van der Waals surface area (Å²) in [6.07, 6.45) is -2.94. The van der Waals surface area contributed by atoms with Gasteiger partial charge in [-0.25, -0.2) is 14.4 Å². The molecular formula is C26H29ClF4N6O2. The first-order valence-electron chi connectivity index (χ1n) is 12.1. The van der Waals surface area contributed by atoms with Crippen molar-refractivity contribution in [2.24, 2.45) is 7.05 Å². The van der Waals surface area contributed by atoms with Gasteiger partial charge in [0, 0.05) is 46.2 Å². The summed E-state index contributed by atoms with van der Waals surface area (Å²) in [5.74, 6) is -0.469. The van der Waals surface area contributed by atoms with Crippen molar-refractivity contribution >= 4 is 29.3 Å². The molecule has 1 amide bonds. The smallest absolute Gasteiger partial charge is 0.419 e. The summed E-state index contributed by atoms with van der Waals surface area (Å²) in [6.45, 7) is 0.751. The molecule has 4 rings (SSSR count). The molecule has 1 aliphatic heterocycles. The zero-order chi connectivity index (χ0) is 27.7. The molecule has 0 radical (unpaired) electrons. The zero-order valence-corrected chi connectivity index (χ0v) is 22.6. The van der Waals surface area contributed by atoms with E-state index in [0.717, 1.165) is 6.07 Å². The quantitative estimate of drug-likeness (QED) is 0.387. The lowest BCUT2D eigenvalue weighted by atomic mass is 9.90. The number of ether oxygens (including phenoxy) is 1. The Balaban J connectivity index is 0.00000420. The molecular weight excluding hydrogens is 540 g/mol. The Morgan fingerprint density at radius 2 is 1.92 bits per heavy atom. The van der Waals surface area contributed by atoms with Crippen molar-refractivity contribution in [3.05, 3.63) is 41.9 Å². The summed E-state index contributed by atoms with van der Waals surface area (Å²) in [6, 6.07) is 7.06. The highest BCUT2D eigenvalue weighted by atomic mass is 35.5. The minimum atomic E-state index is -4.72. The van der Waals surface area contributed by atoms with Crippen LogP contribution in [0.5, 0.6) is 5.75 Å². The fourth-order valence-electron chi connectivity index (χ4n) is 4.43. The van der Waals surface area contributed by atoms with Crippen molar-refractivity contribution in [3.8, 4) is 23.1 Å². The van der Waals surface area contributed by atoms with Crippen LogP contribution in [0.4, 0.5) is 17.6 Å². The molecule has 3 aromatic rings. The molecule has 1 saturated heterocycles. The third-order valence-corrected chi connectivity index (χ3v) is 6.82. The van der Waals surface area contributed by atoms with Crippen LogP contribution < -0.4 is 4.74 Å². The van der Waals surface area contributed by atoms with Crippen molar-refractivity contribution in [2.45, 2.75) is 31.1 Å². The summed E-state index contributed by atoms with van der Waals surface area (Å²) in [7, 11) is 5.03. The number of rotatable bonds is 7. The number of fused-ring (bicyclic) bond motifs is 1. The van der Waals surface area contributed by atoms with E-state index in [1.807, 2.05) is 11.0 Å². The second-order valence-corrected chi connectivity index (χ2v) is 9.71. The van der Waals surface area contributed by atoms with E-state index >= 15 is 4.39 Å². The van der Waals surface area contributed by atoms with Gasteiger partial charge in [0.05, 0.1) is 36.3 Å². The van der Waals surface area contributed by atoms with Crippen LogP contribution in [-0.2, 0) is 18.0 Å². The molecule has 0 atom stereocenters. The highest BCUT2D eigenvalue weighted by Gasteiger charge is 2.37. The molecule has 210 valence electrons. The van der Waals surface area contributed by atoms with Crippen molar-refractivity contribution in [1.29, 1.82) is 5.26 Å². The Hall–Kier alpha value is -3.43. The third-order valence-electron chi connectivity index (χ3n) is 6.82. The number of alkyl halides is 4. The zero-order valence-electron chi connectivity index (χ0n) is 21.8. The molecule has 13 heteroatoms. The van der Waals surface area contributed by atoms with Gasteiger partial charge in [-0.15, -0.1) is 12.4 Å². The highest BCUT2D eigenvalue weighted by molar-refractivity contribution is 5.85. The maximum Gasteiger partial charge on any atom is 0.419 e. The average molecular weight is 569 g/mol. The number of benzene rings is 1. The number of nitriles is 1. The molecule has 0 saturated carbocycles. The Labute approximate surface area is 229 Å². The standard InChI is InChI=1S/C26H28F4N6O2.ClH/c1-34(2)23(37)15-36-9-6-25(27,7-10-36)8-11-38-22-5-4-17(12-18(22)26(28,29)30)19-13-21-24(20(14-31)33-19)32-16-35(21)3;/h4-5,12-13,16H,6-11,15H2,1-3H3;1H. The molecule has 39 heavy (non-hydrogen) atoms. The van der Waals surface area contributed by atoms with E-state index < -0.39 is 23.2 Å². The van der Waals surface area contributed by atoms with Crippen LogP contribution in [0.25, 0.3) is 22.3 Å². The van der Waals surface area contributed by atoms with Crippen molar-refractivity contribution < 1.29 is 27.1 Å². The van der Waals surface area contributed by atoms with Gasteiger partial charge in [-0.05, 0) is 37.1 Å². The van der Waals surface area contributed by atoms with Gasteiger partial charge in [0.15, 0.2) is 5.69 Å². The topological polar surface area (TPSA) is 87.3 Å². The maximum atomic E-state index is 15.3. The largest absolute Gasteiger partial charge is 0.493 e. The summed E-state index contributed by atoms with van der Waals surface area (Å²) < 4.78 is 64.2. The van der Waals surface area contributed by atoms with Gasteiger partial charge in [0.1, 0.15) is 23.0 Å². The van der Waals surface area contributed by atoms with Crippen LogP contribution in [0.1, 0.15) is 30.5 Å². The number of halogens is 5. The number of hydrogen-bond donors (Lipinski definition) is 0. The molecule has 0 N–H and O–H groups in total. The molecule has 0 spiro atoms. The van der Waals surface area contributed by atoms with Gasteiger partial charge in [-0.3, -0.25) is 9.69 Å². The van der Waals surface area contributed by atoms with Crippen molar-refractivity contribution in [1.82, 2.24) is 24.3 Å². The van der Waals surface area contributed by atoms with Crippen LogP contribution in [-0.4, -0.2) is 76.2 Å². The predicted molar refractivity (Wildman–Crippen MR) is 139 cm³/mol. The summed E-state index contributed by atoms with van der Waals surface area (Å²) in [5, 5.41) is 9.43. The van der Waals surface area contributed by atoms with Crippen LogP contribution in [0.3, 0.4) is 0 Å². The summed E-state index contributed by atoms with van der Waals surface area (Å²) >= 11 is 0. The average Bonchev–Trinajstić information content (AvgIpc) is 3.25. The molecule has 0 aliphatic carbocycles. The number of hydrogen-bond acceptors (Lipinski definition) is 6. The van der Waals surface area contributed by atoms with Gasteiger partial charge in [-0.2, -0.15) is 18.4 Å². The molecule has 0 bridgehead atoms. The van der Waals surface area contributed by atoms with E-state index in [0.29, 0.717) is 24.1 Å². The SMILES string of the molecule is CN(C)C(=O)CN1CCC(F)(CCOc2ccc(-c3cc4c(ncn4C)c(C#N)n3)cc2C(F)(F)F)CC1.Cl. The molecule has 8 nitrogen and oxygen atoms in total. The molecule has 1 fully saturated rings. The van der Waals surface area contributed by atoms with Crippen molar-refractivity contribution in [2.75, 3.05) is 40.3 Å². The van der Waals surface area contributed by atoms with E-state index in [2.05, 4.69) is 9.97 Å². The number of carbonyl (C=O) groups excluding carboxylic acids is 1. The first-order chi connectivity index (χ1) is 17.9. The number of likely N-dealkylation sites (tertiary alicyclic amines) is 1. The third kappa shape index (κ3) is 6.78. The van der Waals surface area contributed by atoms with Crippen LogP contribution in [0, 0.1) is 11.3 Å². The second-order valence-electron chi connectivity index (χ2n) is 9.71. The fourth-order valence-corrected chi connectivity index (χ4v) is 4.43. The van der Waals surface area contributed by atoms with Crippen LogP contribution in [0.2, 0.25) is 0 Å². The lowest BCUT2D eigenvalue weighted by Crippen LogP contribution is -2.46. The first-order valence-corrected chi connectivity index (χ1v) is 12.1. The number of nitrogens with zero attached hydrogens (tertiary/aromatic N) is 6. The Morgan fingerprint density at radius 1 is 1.23 bits per heavy atom. The number of pyridine rings is 1. The lowest BCUT2D eigenvalue weighted by Gasteiger charge is -2.36. The molecule has 0 unspecified atom stereocenters. The van der Waals surface area contributed by atoms with Gasteiger partial charge in [0.25, 0.3) is 0 Å². The monoisotopic (exact) mass is 568 g/mol. The minimum absolute atomic E-state index is 0. The van der Waals surface area contributed by atoms with Crippen LogP contribution in [0.15, 0.2) is 30.6 Å². The number of aromatic nitrogens is 3. The van der Waals surface area contributed by atoms with E-state index in [1.165, 1.54) is 23.4 Å². The van der Waals surface area contributed by atoms with Crippen LogP contribution >= 0.6 is 12.4 Å². The summed E-state index contributed by atoms with van der Waals surface area (Å²) in [5.41, 5.74) is -1.30. The van der Waals surface area contributed by atoms with E-state index in [-0.39, 0.29) is 67.7 Å². The number of likely N-dealkylation sites (N-methyl/N-ethyl adjacent to an activating group) is 1. The Morgan fingerprint density at radius 3 is 2.54 bits per heavy atom. The van der Waals surface area contributed by atoms with Gasteiger partial charge >= 0.3 is 6.18 Å². The normalized spacial score (nSPS) is 15.4. The second kappa shape index (κ2) is 11.8. The number of aryl methyl sites for hydroxylation is 1. The van der Waals surface area contributed by atoms with Gasteiger partial charge in [-0.1, -0.05) is 0 Å². The van der Waals surface area contributed by atoms with Crippen molar-refractivity contribution in [3.63, 3.8) is 0 Å². The van der Waals surface area contributed by atoms with Gasteiger partial charge < -0.3 is 14.2 Å². The Bertz CT molecular complexity index is 1380. The predicted octanol–water partition coefficient (Wildman–Crippen LogP) is 4.61. The maximum absolute atomic E-state index is 15.3. The highest BCUT2D eigenvalue weighted by Crippen LogP contribution is 2.39. The number of piperidine rings is 1. The molecule has 3 heterocycles. The number of carbonyl (C=O) groups is 1. The Kier molecular flexibility index (Phi) is 9.08. The van der Waals surface area contributed by atoms with E-state index in [1.54, 1.807) is 31.8 Å². The van der Waals surface area contributed by atoms with E-state index in [9.17, 15) is 23.2 Å². The van der Waals surface area contributed by atoms with Gasteiger partial charge in [0.2, 0.25) is 5.91 Å². The number of amides is 1. The lowest BCUT2D eigenvalue weighted by molar-refractivity contribution is -0.139.